The summed E-state index contributed by atoms with van der Waals surface area (Å²) in [6.07, 6.45) is 0. The molecule has 8 nitrogen and oxygen atoms in total. The number of nitrogens with two attached hydrogens (primary N) is 2. The van der Waals surface area contributed by atoms with Crippen molar-refractivity contribution in [3.63, 3.8) is 0 Å². The van der Waals surface area contributed by atoms with Gasteiger partial charge in [0.05, 0.1) is 12.7 Å². The van der Waals surface area contributed by atoms with Crippen LogP contribution in [0.15, 0.2) is 40.5 Å². The van der Waals surface area contributed by atoms with E-state index in [0.717, 1.165) is 11.3 Å². The van der Waals surface area contributed by atoms with E-state index in [4.69, 9.17) is 16.4 Å². The van der Waals surface area contributed by atoms with E-state index in [0.29, 0.717) is 17.2 Å². The number of aliphatic imine (C=N–C) groups is 1. The number of hydrogen-bond acceptors (Lipinski definition) is 7. The molecule has 1 unspecified atom stereocenters. The summed E-state index contributed by atoms with van der Waals surface area (Å²) in [6.45, 7) is 1.76. The Morgan fingerprint density at radius 2 is 2.00 bits per heavy atom. The molecule has 1 atom stereocenters. The highest BCUT2D eigenvalue weighted by Crippen LogP contribution is 2.31. The van der Waals surface area contributed by atoms with Crippen LogP contribution < -0.4 is 32.6 Å². The maximum atomic E-state index is 12.0. The Hall–Kier alpha value is -2.58. The molecule has 7 N–H and O–H groups in total. The first-order valence-corrected chi connectivity index (χ1v) is 6.27. The topological polar surface area (TPSA) is 127 Å². The molecule has 1 aromatic carbocycles. The minimum absolute atomic E-state index is 0.377. The number of benzene rings is 1. The lowest BCUT2D eigenvalue weighted by atomic mass is 9.96. The van der Waals surface area contributed by atoms with Crippen molar-refractivity contribution in [1.82, 2.24) is 16.2 Å². The van der Waals surface area contributed by atoms with Gasteiger partial charge in [0.2, 0.25) is 5.96 Å². The average molecular weight is 290 g/mol. The molecule has 0 radical (unpaired) electrons. The van der Waals surface area contributed by atoms with E-state index < -0.39 is 11.9 Å². The van der Waals surface area contributed by atoms with E-state index in [1.165, 1.54) is 0 Å². The van der Waals surface area contributed by atoms with Gasteiger partial charge in [0.25, 0.3) is 5.91 Å². The van der Waals surface area contributed by atoms with E-state index in [2.05, 4.69) is 21.2 Å². The van der Waals surface area contributed by atoms with Gasteiger partial charge in [-0.15, -0.1) is 0 Å². The normalized spacial score (nSPS) is 17.7. The highest BCUT2D eigenvalue weighted by Gasteiger charge is 2.28. The third-order valence-corrected chi connectivity index (χ3v) is 3.19. The van der Waals surface area contributed by atoms with Crippen molar-refractivity contribution in [2.45, 2.75) is 13.0 Å². The fourth-order valence-electron chi connectivity index (χ4n) is 2.15. The standard InChI is InChI=1S/C13H18N6O2/c1-7-10(12(20)18-14)11(17-13(16-7)19-15)8-3-5-9(21-2)6-4-8/h3-6,11H,14-15H2,1-2H3,(H,18,20)(H2,16,17,19). The van der Waals surface area contributed by atoms with Gasteiger partial charge in [0.15, 0.2) is 0 Å². The van der Waals surface area contributed by atoms with E-state index in [-0.39, 0.29) is 0 Å². The maximum Gasteiger partial charge on any atom is 0.265 e. The van der Waals surface area contributed by atoms with Crippen LogP contribution in [0.2, 0.25) is 0 Å². The molecule has 1 aromatic rings. The Morgan fingerprint density at radius 1 is 1.33 bits per heavy atom. The van der Waals surface area contributed by atoms with Gasteiger partial charge in [-0.1, -0.05) is 12.1 Å². The van der Waals surface area contributed by atoms with Crippen molar-refractivity contribution in [3.05, 3.63) is 41.1 Å². The minimum atomic E-state index is -0.508. The molecule has 0 saturated heterocycles. The van der Waals surface area contributed by atoms with Crippen LogP contribution in [0.3, 0.4) is 0 Å². The van der Waals surface area contributed by atoms with Crippen molar-refractivity contribution in [3.8, 4) is 5.75 Å². The van der Waals surface area contributed by atoms with E-state index in [1.54, 1.807) is 26.2 Å². The van der Waals surface area contributed by atoms with Gasteiger partial charge in [0.1, 0.15) is 11.8 Å². The molecule has 0 fully saturated rings. The van der Waals surface area contributed by atoms with Crippen molar-refractivity contribution < 1.29 is 9.53 Å². The van der Waals surface area contributed by atoms with Gasteiger partial charge in [-0.25, -0.2) is 16.7 Å². The Labute approximate surface area is 122 Å². The third kappa shape index (κ3) is 2.96. The zero-order valence-electron chi connectivity index (χ0n) is 11.8. The quantitative estimate of drug-likeness (QED) is 0.288. The summed E-state index contributed by atoms with van der Waals surface area (Å²) in [7, 11) is 1.59. The van der Waals surface area contributed by atoms with E-state index >= 15 is 0 Å². The number of methoxy groups -OCH3 is 1. The second-order valence-electron chi connectivity index (χ2n) is 4.43. The first-order chi connectivity index (χ1) is 10.1. The molecule has 2 rings (SSSR count). The molecule has 0 aliphatic carbocycles. The van der Waals surface area contributed by atoms with Crippen LogP contribution in [0.1, 0.15) is 18.5 Å². The average Bonchev–Trinajstić information content (AvgIpc) is 2.53. The van der Waals surface area contributed by atoms with Crippen LogP contribution in [-0.2, 0) is 4.79 Å². The number of ether oxygens (including phenoxy) is 1. The number of carbonyl (C=O) groups excluding carboxylic acids is 1. The zero-order chi connectivity index (χ0) is 15.4. The Kier molecular flexibility index (Phi) is 4.41. The number of guanidine groups is 1. The van der Waals surface area contributed by atoms with Crippen molar-refractivity contribution in [2.24, 2.45) is 16.7 Å². The lowest BCUT2D eigenvalue weighted by Gasteiger charge is -2.25. The maximum absolute atomic E-state index is 12.0. The molecule has 21 heavy (non-hydrogen) atoms. The monoisotopic (exact) mass is 290 g/mol. The van der Waals surface area contributed by atoms with Crippen LogP contribution in [0.5, 0.6) is 5.75 Å². The molecule has 0 saturated carbocycles. The number of allylic oxidation sites excluding steroid dienone is 1. The summed E-state index contributed by atoms with van der Waals surface area (Å²) in [5.41, 5.74) is 6.47. The molecule has 1 heterocycles. The Balaban J connectivity index is 2.45. The molecule has 112 valence electrons. The lowest BCUT2D eigenvalue weighted by Crippen LogP contribution is -2.45. The van der Waals surface area contributed by atoms with Crippen LogP contribution in [0.25, 0.3) is 0 Å². The molecule has 1 aliphatic heterocycles. The number of amides is 1. The van der Waals surface area contributed by atoms with Crippen LogP contribution in [0.4, 0.5) is 0 Å². The number of hydrogen-bond donors (Lipinski definition) is 5. The highest BCUT2D eigenvalue weighted by molar-refractivity contribution is 5.98. The summed E-state index contributed by atoms with van der Waals surface area (Å²) < 4.78 is 5.12. The fraction of sp³-hybridized carbons (Fsp3) is 0.231. The number of hydrazine groups is 2. The summed E-state index contributed by atoms with van der Waals surface area (Å²) in [5, 5.41) is 2.91. The molecule has 1 amide bonds. The highest BCUT2D eigenvalue weighted by atomic mass is 16.5. The fourth-order valence-corrected chi connectivity index (χ4v) is 2.15. The molecule has 0 bridgehead atoms. The smallest absolute Gasteiger partial charge is 0.265 e. The number of nitrogens with zero attached hydrogens (tertiary/aromatic N) is 1. The summed E-state index contributed by atoms with van der Waals surface area (Å²) >= 11 is 0. The zero-order valence-corrected chi connectivity index (χ0v) is 11.8. The number of carbonyl (C=O) groups is 1. The molecule has 0 spiro atoms. The van der Waals surface area contributed by atoms with Gasteiger partial charge in [-0.2, -0.15) is 0 Å². The minimum Gasteiger partial charge on any atom is -0.497 e. The molecule has 0 aromatic heterocycles. The number of nitrogens with one attached hydrogen (secondary N) is 3. The summed E-state index contributed by atoms with van der Waals surface area (Å²) in [5.74, 6) is 11.3. The second kappa shape index (κ2) is 6.25. The SMILES string of the molecule is COc1ccc(C2N=C(NN)NC(C)=C2C(=O)NN)cc1. The van der Waals surface area contributed by atoms with E-state index in [9.17, 15) is 4.79 Å². The Morgan fingerprint density at radius 3 is 2.52 bits per heavy atom. The predicted molar refractivity (Wildman–Crippen MR) is 78.7 cm³/mol. The number of rotatable bonds is 3. The van der Waals surface area contributed by atoms with E-state index in [1.807, 2.05) is 12.1 Å². The Bertz CT molecular complexity index is 593. The summed E-state index contributed by atoms with van der Waals surface area (Å²) in [4.78, 5) is 16.4. The summed E-state index contributed by atoms with van der Waals surface area (Å²) in [6, 6.07) is 6.77. The predicted octanol–water partition coefficient (Wildman–Crippen LogP) is -0.577. The first kappa shape index (κ1) is 14.8. The van der Waals surface area contributed by atoms with Gasteiger partial charge in [-0.3, -0.25) is 15.6 Å². The van der Waals surface area contributed by atoms with Gasteiger partial charge in [-0.05, 0) is 24.6 Å². The third-order valence-electron chi connectivity index (χ3n) is 3.19. The van der Waals surface area contributed by atoms with Crippen LogP contribution in [-0.4, -0.2) is 19.0 Å². The molecule has 8 heteroatoms. The van der Waals surface area contributed by atoms with Crippen LogP contribution in [0, 0.1) is 0 Å². The second-order valence-corrected chi connectivity index (χ2v) is 4.43. The largest absolute Gasteiger partial charge is 0.497 e. The van der Waals surface area contributed by atoms with Gasteiger partial charge < -0.3 is 10.1 Å². The molecular weight excluding hydrogens is 272 g/mol. The van der Waals surface area contributed by atoms with Crippen molar-refractivity contribution >= 4 is 11.9 Å². The van der Waals surface area contributed by atoms with Crippen LogP contribution >= 0.6 is 0 Å². The lowest BCUT2D eigenvalue weighted by molar-refractivity contribution is -0.117. The van der Waals surface area contributed by atoms with Crippen molar-refractivity contribution in [1.29, 1.82) is 0 Å². The molecule has 1 aliphatic rings. The van der Waals surface area contributed by atoms with Crippen molar-refractivity contribution in [2.75, 3.05) is 7.11 Å². The first-order valence-electron chi connectivity index (χ1n) is 6.27. The van der Waals surface area contributed by atoms with Gasteiger partial charge in [0, 0.05) is 5.70 Å². The van der Waals surface area contributed by atoms with Gasteiger partial charge >= 0.3 is 0 Å². The molecular formula is C13H18N6O2.